The SMILES string of the molecule is CC(C)c1c(Br)[nH]c2cc(F)c(C3CCN(C(=O)OC(C)(C)C)CC3)cc12. The van der Waals surface area contributed by atoms with Gasteiger partial charge >= 0.3 is 6.09 Å². The lowest BCUT2D eigenvalue weighted by Crippen LogP contribution is -2.41. The molecular weight excluding hydrogens is 411 g/mol. The van der Waals surface area contributed by atoms with E-state index in [1.165, 1.54) is 5.56 Å². The molecule has 0 radical (unpaired) electrons. The van der Waals surface area contributed by atoms with Crippen LogP contribution in [0.15, 0.2) is 16.7 Å². The summed E-state index contributed by atoms with van der Waals surface area (Å²) in [5.41, 5.74) is 2.25. The van der Waals surface area contributed by atoms with Crippen LogP contribution in [0.25, 0.3) is 10.9 Å². The third-order valence-corrected chi connectivity index (χ3v) is 5.70. The Labute approximate surface area is 168 Å². The number of nitrogens with one attached hydrogen (secondary N) is 1. The van der Waals surface area contributed by atoms with Crippen LogP contribution in [-0.4, -0.2) is 34.7 Å². The van der Waals surface area contributed by atoms with Gasteiger partial charge in [-0.15, -0.1) is 0 Å². The lowest BCUT2D eigenvalue weighted by Gasteiger charge is -2.33. The summed E-state index contributed by atoms with van der Waals surface area (Å²) in [5.74, 6) is 0.268. The van der Waals surface area contributed by atoms with E-state index >= 15 is 0 Å². The zero-order valence-corrected chi connectivity index (χ0v) is 18.2. The predicted octanol–water partition coefficient (Wildman–Crippen LogP) is 6.31. The standard InChI is InChI=1S/C21H28BrFN2O2/c1-12(2)18-15-10-14(16(23)11-17(15)24-19(18)22)13-6-8-25(9-7-13)20(26)27-21(3,4)5/h10-13,24H,6-9H2,1-5H3. The van der Waals surface area contributed by atoms with Crippen molar-refractivity contribution in [3.8, 4) is 0 Å². The van der Waals surface area contributed by atoms with Crippen LogP contribution >= 0.6 is 15.9 Å². The zero-order valence-electron chi connectivity index (χ0n) is 16.7. The number of benzene rings is 1. The quantitative estimate of drug-likeness (QED) is 0.596. The molecule has 148 valence electrons. The Kier molecular flexibility index (Phi) is 5.57. The van der Waals surface area contributed by atoms with Crippen LogP contribution in [0.5, 0.6) is 0 Å². The van der Waals surface area contributed by atoms with E-state index in [4.69, 9.17) is 4.74 Å². The minimum atomic E-state index is -0.500. The van der Waals surface area contributed by atoms with Crippen molar-refractivity contribution >= 4 is 32.9 Å². The Bertz CT molecular complexity index is 846. The molecule has 4 nitrogen and oxygen atoms in total. The van der Waals surface area contributed by atoms with E-state index in [0.717, 1.165) is 33.9 Å². The number of ether oxygens (including phenoxy) is 1. The Morgan fingerprint density at radius 1 is 1.30 bits per heavy atom. The third-order valence-electron chi connectivity index (χ3n) is 5.07. The number of carbonyl (C=O) groups is 1. The van der Waals surface area contributed by atoms with Crippen molar-refractivity contribution in [2.75, 3.05) is 13.1 Å². The van der Waals surface area contributed by atoms with Gasteiger partial charge in [0, 0.05) is 24.0 Å². The molecule has 0 spiro atoms. The number of piperidine rings is 1. The van der Waals surface area contributed by atoms with E-state index < -0.39 is 5.60 Å². The van der Waals surface area contributed by atoms with E-state index in [9.17, 15) is 9.18 Å². The fraction of sp³-hybridized carbons (Fsp3) is 0.571. The second-order valence-electron chi connectivity index (χ2n) is 8.67. The number of amides is 1. The van der Waals surface area contributed by atoms with E-state index in [2.05, 4.69) is 34.8 Å². The van der Waals surface area contributed by atoms with Gasteiger partial charge in [0.1, 0.15) is 11.4 Å². The molecule has 27 heavy (non-hydrogen) atoms. The van der Waals surface area contributed by atoms with Crippen molar-refractivity contribution in [1.29, 1.82) is 0 Å². The van der Waals surface area contributed by atoms with Gasteiger partial charge in [0.2, 0.25) is 0 Å². The van der Waals surface area contributed by atoms with Crippen LogP contribution in [0, 0.1) is 5.82 Å². The second-order valence-corrected chi connectivity index (χ2v) is 9.46. The van der Waals surface area contributed by atoms with Crippen LogP contribution in [0.1, 0.15) is 70.4 Å². The number of aromatic amines is 1. The maximum atomic E-state index is 14.8. The summed E-state index contributed by atoms with van der Waals surface area (Å²) in [6, 6.07) is 3.59. The number of likely N-dealkylation sites (tertiary alicyclic amines) is 1. The van der Waals surface area contributed by atoms with Gasteiger partial charge < -0.3 is 14.6 Å². The molecule has 2 aromatic rings. The van der Waals surface area contributed by atoms with Gasteiger partial charge in [-0.2, -0.15) is 0 Å². The largest absolute Gasteiger partial charge is 0.444 e. The highest BCUT2D eigenvalue weighted by Crippen LogP contribution is 2.37. The van der Waals surface area contributed by atoms with Crippen LogP contribution in [0.2, 0.25) is 0 Å². The molecule has 1 saturated heterocycles. The topological polar surface area (TPSA) is 45.3 Å². The van der Waals surface area contributed by atoms with Crippen molar-refractivity contribution in [3.63, 3.8) is 0 Å². The Balaban J connectivity index is 1.80. The summed E-state index contributed by atoms with van der Waals surface area (Å²) in [4.78, 5) is 17.2. The molecule has 1 aromatic heterocycles. The second kappa shape index (κ2) is 7.46. The molecule has 0 unspecified atom stereocenters. The molecule has 1 aliphatic heterocycles. The number of aromatic nitrogens is 1. The van der Waals surface area contributed by atoms with Crippen molar-refractivity contribution in [2.45, 2.75) is 64.9 Å². The molecule has 1 aliphatic rings. The molecule has 0 saturated carbocycles. The predicted molar refractivity (Wildman–Crippen MR) is 110 cm³/mol. The molecule has 1 N–H and O–H groups in total. The number of rotatable bonds is 2. The van der Waals surface area contributed by atoms with Gasteiger partial charge in [0.25, 0.3) is 0 Å². The van der Waals surface area contributed by atoms with Gasteiger partial charge in [0.15, 0.2) is 0 Å². The number of hydrogen-bond donors (Lipinski definition) is 1. The number of hydrogen-bond acceptors (Lipinski definition) is 2. The minimum Gasteiger partial charge on any atom is -0.444 e. The van der Waals surface area contributed by atoms with Gasteiger partial charge in [-0.05, 0) is 84.6 Å². The summed E-state index contributed by atoms with van der Waals surface area (Å²) < 4.78 is 21.2. The Morgan fingerprint density at radius 2 is 1.93 bits per heavy atom. The highest BCUT2D eigenvalue weighted by atomic mass is 79.9. The average molecular weight is 439 g/mol. The molecule has 0 atom stereocenters. The Hall–Kier alpha value is -1.56. The van der Waals surface area contributed by atoms with Crippen LogP contribution in [0.4, 0.5) is 9.18 Å². The first-order valence-corrected chi connectivity index (χ1v) is 10.3. The molecule has 1 fully saturated rings. The van der Waals surface area contributed by atoms with Crippen molar-refractivity contribution in [2.24, 2.45) is 0 Å². The monoisotopic (exact) mass is 438 g/mol. The first-order chi connectivity index (χ1) is 12.6. The van der Waals surface area contributed by atoms with Gasteiger partial charge in [0.05, 0.1) is 4.60 Å². The molecule has 6 heteroatoms. The maximum absolute atomic E-state index is 14.8. The van der Waals surface area contributed by atoms with Crippen molar-refractivity contribution in [3.05, 3.63) is 33.7 Å². The highest BCUT2D eigenvalue weighted by Gasteiger charge is 2.29. The van der Waals surface area contributed by atoms with Gasteiger partial charge in [-0.25, -0.2) is 9.18 Å². The minimum absolute atomic E-state index is 0.113. The molecule has 1 amide bonds. The maximum Gasteiger partial charge on any atom is 0.410 e. The number of carbonyl (C=O) groups excluding carboxylic acids is 1. The average Bonchev–Trinajstić information content (AvgIpc) is 2.87. The first-order valence-electron chi connectivity index (χ1n) is 9.55. The fourth-order valence-corrected chi connectivity index (χ4v) is 4.68. The van der Waals surface area contributed by atoms with E-state index in [0.29, 0.717) is 19.0 Å². The highest BCUT2D eigenvalue weighted by molar-refractivity contribution is 9.10. The van der Waals surface area contributed by atoms with Crippen LogP contribution in [0.3, 0.4) is 0 Å². The lowest BCUT2D eigenvalue weighted by atomic mass is 9.87. The number of nitrogens with zero attached hydrogens (tertiary/aromatic N) is 1. The lowest BCUT2D eigenvalue weighted by molar-refractivity contribution is 0.0204. The number of halogens is 2. The summed E-state index contributed by atoms with van der Waals surface area (Å²) in [5, 5.41) is 1.07. The fourth-order valence-electron chi connectivity index (χ4n) is 3.80. The zero-order chi connectivity index (χ0) is 19.9. The van der Waals surface area contributed by atoms with Crippen LogP contribution < -0.4 is 0 Å². The molecule has 0 aliphatic carbocycles. The van der Waals surface area contributed by atoms with Crippen molar-refractivity contribution in [1.82, 2.24) is 9.88 Å². The summed E-state index contributed by atoms with van der Waals surface area (Å²) in [6.45, 7) is 11.0. The van der Waals surface area contributed by atoms with Gasteiger partial charge in [-0.3, -0.25) is 0 Å². The molecule has 0 bridgehead atoms. The molecule has 1 aromatic carbocycles. The molecular formula is C21H28BrFN2O2. The van der Waals surface area contributed by atoms with Crippen molar-refractivity contribution < 1.29 is 13.9 Å². The third kappa shape index (κ3) is 4.31. The van der Waals surface area contributed by atoms with Crippen LogP contribution in [-0.2, 0) is 4.74 Å². The first kappa shape index (κ1) is 20.2. The van der Waals surface area contributed by atoms with Gasteiger partial charge in [-0.1, -0.05) is 13.8 Å². The van der Waals surface area contributed by atoms with E-state index in [1.807, 2.05) is 26.8 Å². The van der Waals surface area contributed by atoms with E-state index in [1.54, 1.807) is 11.0 Å². The molecule has 3 rings (SSSR count). The molecule has 2 heterocycles. The number of H-pyrrole nitrogens is 1. The Morgan fingerprint density at radius 3 is 2.48 bits per heavy atom. The smallest absolute Gasteiger partial charge is 0.410 e. The normalized spacial score (nSPS) is 16.4. The van der Waals surface area contributed by atoms with E-state index in [-0.39, 0.29) is 17.8 Å². The summed E-state index contributed by atoms with van der Waals surface area (Å²) in [7, 11) is 0. The number of fused-ring (bicyclic) bond motifs is 1. The summed E-state index contributed by atoms with van der Waals surface area (Å²) in [6.07, 6.45) is 1.20. The summed E-state index contributed by atoms with van der Waals surface area (Å²) >= 11 is 3.57.